The fourth-order valence-corrected chi connectivity index (χ4v) is 2.44. The first-order valence-electron chi connectivity index (χ1n) is 6.50. The van der Waals surface area contributed by atoms with E-state index in [1.54, 1.807) is 12.1 Å². The number of carboxylic acid groups (broad SMARTS) is 1. The molecule has 1 aromatic carbocycles. The van der Waals surface area contributed by atoms with E-state index in [0.29, 0.717) is 11.6 Å². The van der Waals surface area contributed by atoms with Crippen LogP contribution in [0, 0.1) is 5.82 Å². The second-order valence-corrected chi connectivity index (χ2v) is 4.99. The van der Waals surface area contributed by atoms with Crippen LogP contribution in [0.5, 0.6) is 0 Å². The maximum atomic E-state index is 13.6. The Morgan fingerprint density at radius 2 is 2.37 bits per heavy atom. The van der Waals surface area contributed by atoms with Gasteiger partial charge in [0.1, 0.15) is 5.82 Å². The molecule has 0 radical (unpaired) electrons. The summed E-state index contributed by atoms with van der Waals surface area (Å²) in [6.45, 7) is 4.05. The summed E-state index contributed by atoms with van der Waals surface area (Å²) in [4.78, 5) is 12.8. The first-order valence-corrected chi connectivity index (χ1v) is 6.50. The minimum absolute atomic E-state index is 0.326. The van der Waals surface area contributed by atoms with Crippen LogP contribution in [0.1, 0.15) is 30.9 Å². The van der Waals surface area contributed by atoms with E-state index in [0.717, 1.165) is 24.7 Å². The molecule has 0 amide bonds. The Kier molecular flexibility index (Phi) is 4.32. The fraction of sp³-hybridized carbons (Fsp3) is 0.400. The molecule has 0 spiro atoms. The van der Waals surface area contributed by atoms with Gasteiger partial charge in [0.05, 0.1) is 0 Å². The summed E-state index contributed by atoms with van der Waals surface area (Å²) in [5.74, 6) is -1.46. The average Bonchev–Trinajstić information content (AvgIpc) is 2.75. The van der Waals surface area contributed by atoms with Crippen LogP contribution in [-0.2, 0) is 11.3 Å². The van der Waals surface area contributed by atoms with Gasteiger partial charge in [-0.05, 0) is 50.1 Å². The van der Waals surface area contributed by atoms with E-state index in [1.807, 2.05) is 0 Å². The molecular weight excluding hydrogens is 245 g/mol. The van der Waals surface area contributed by atoms with Crippen LogP contribution < -0.4 is 0 Å². The predicted octanol–water partition coefficient (Wildman–Crippen LogP) is 2.91. The molecule has 1 unspecified atom stereocenters. The highest BCUT2D eigenvalue weighted by Crippen LogP contribution is 2.21. The molecule has 1 fully saturated rings. The van der Waals surface area contributed by atoms with Crippen molar-refractivity contribution in [2.75, 3.05) is 6.54 Å². The highest BCUT2D eigenvalue weighted by Gasteiger charge is 2.20. The highest BCUT2D eigenvalue weighted by atomic mass is 19.1. The number of benzene rings is 1. The van der Waals surface area contributed by atoms with Gasteiger partial charge in [-0.15, -0.1) is 0 Å². The van der Waals surface area contributed by atoms with Crippen molar-refractivity contribution in [3.63, 3.8) is 0 Å². The number of aliphatic carboxylic acids is 1. The number of halogens is 1. The lowest BCUT2D eigenvalue weighted by molar-refractivity contribution is -0.131. The van der Waals surface area contributed by atoms with Crippen LogP contribution in [0.4, 0.5) is 4.39 Å². The topological polar surface area (TPSA) is 40.5 Å². The van der Waals surface area contributed by atoms with Crippen molar-refractivity contribution in [3.05, 3.63) is 41.2 Å². The molecule has 19 heavy (non-hydrogen) atoms. The number of likely N-dealkylation sites (tertiary alicyclic amines) is 1. The van der Waals surface area contributed by atoms with Gasteiger partial charge in [0.15, 0.2) is 0 Å². The van der Waals surface area contributed by atoms with Crippen LogP contribution in [-0.4, -0.2) is 28.6 Å². The summed E-state index contributed by atoms with van der Waals surface area (Å²) in [6.07, 6.45) is 4.66. The summed E-state index contributed by atoms with van der Waals surface area (Å²) in [5, 5.41) is 8.58. The van der Waals surface area contributed by atoms with Crippen molar-refractivity contribution in [1.82, 2.24) is 4.90 Å². The number of nitrogens with zero attached hydrogens (tertiary/aromatic N) is 1. The van der Waals surface area contributed by atoms with E-state index in [9.17, 15) is 9.18 Å². The predicted molar refractivity (Wildman–Crippen MR) is 72.2 cm³/mol. The molecule has 0 aliphatic carbocycles. The zero-order valence-corrected chi connectivity index (χ0v) is 11.0. The minimum Gasteiger partial charge on any atom is -0.478 e. The van der Waals surface area contributed by atoms with Gasteiger partial charge >= 0.3 is 5.97 Å². The standard InChI is InChI=1S/C15H18FNO2/c1-11-3-2-8-17(11)10-12-4-6-14(16)13(9-12)5-7-15(18)19/h4-7,9,11H,2-3,8,10H2,1H3,(H,18,19). The Morgan fingerprint density at radius 3 is 3.00 bits per heavy atom. The average molecular weight is 263 g/mol. The molecular formula is C15H18FNO2. The van der Waals surface area contributed by atoms with Crippen LogP contribution >= 0.6 is 0 Å². The lowest BCUT2D eigenvalue weighted by atomic mass is 10.1. The quantitative estimate of drug-likeness (QED) is 0.849. The molecule has 1 heterocycles. The van der Waals surface area contributed by atoms with Gasteiger partial charge in [-0.3, -0.25) is 4.90 Å². The van der Waals surface area contributed by atoms with E-state index in [-0.39, 0.29) is 0 Å². The molecule has 0 saturated carbocycles. The van der Waals surface area contributed by atoms with Gasteiger partial charge < -0.3 is 5.11 Å². The maximum absolute atomic E-state index is 13.6. The largest absolute Gasteiger partial charge is 0.478 e. The highest BCUT2D eigenvalue weighted by molar-refractivity contribution is 5.85. The summed E-state index contributed by atoms with van der Waals surface area (Å²) in [6, 6.07) is 5.44. The van der Waals surface area contributed by atoms with Gasteiger partial charge in [0.2, 0.25) is 0 Å². The van der Waals surface area contributed by atoms with Crippen molar-refractivity contribution in [3.8, 4) is 0 Å². The second kappa shape index (κ2) is 5.97. The number of carboxylic acids is 1. The van der Waals surface area contributed by atoms with E-state index >= 15 is 0 Å². The molecule has 1 saturated heterocycles. The van der Waals surface area contributed by atoms with Crippen molar-refractivity contribution in [2.45, 2.75) is 32.4 Å². The first kappa shape index (κ1) is 13.7. The minimum atomic E-state index is -1.07. The molecule has 0 bridgehead atoms. The van der Waals surface area contributed by atoms with Gasteiger partial charge in [0, 0.05) is 24.2 Å². The Balaban J connectivity index is 2.13. The first-order chi connectivity index (χ1) is 9.06. The molecule has 2 rings (SSSR count). The van der Waals surface area contributed by atoms with E-state index < -0.39 is 11.8 Å². The van der Waals surface area contributed by atoms with Crippen molar-refractivity contribution in [1.29, 1.82) is 0 Å². The van der Waals surface area contributed by atoms with Crippen LogP contribution in [0.15, 0.2) is 24.3 Å². The van der Waals surface area contributed by atoms with Crippen molar-refractivity contribution < 1.29 is 14.3 Å². The number of carbonyl (C=O) groups is 1. The Hall–Kier alpha value is -1.68. The second-order valence-electron chi connectivity index (χ2n) is 4.99. The van der Waals surface area contributed by atoms with Crippen molar-refractivity contribution >= 4 is 12.0 Å². The smallest absolute Gasteiger partial charge is 0.328 e. The molecule has 1 aromatic rings. The van der Waals surface area contributed by atoms with E-state index in [4.69, 9.17) is 5.11 Å². The van der Waals surface area contributed by atoms with Gasteiger partial charge in [-0.1, -0.05) is 6.07 Å². The molecule has 1 atom stereocenters. The Morgan fingerprint density at radius 1 is 1.58 bits per heavy atom. The van der Waals surface area contributed by atoms with Crippen LogP contribution in [0.3, 0.4) is 0 Å². The molecule has 1 aliphatic rings. The third-order valence-electron chi connectivity index (χ3n) is 3.54. The van der Waals surface area contributed by atoms with Gasteiger partial charge in [0.25, 0.3) is 0 Å². The third-order valence-corrected chi connectivity index (χ3v) is 3.54. The van der Waals surface area contributed by atoms with Gasteiger partial charge in [-0.25, -0.2) is 9.18 Å². The summed E-state index contributed by atoms with van der Waals surface area (Å²) < 4.78 is 13.6. The van der Waals surface area contributed by atoms with Crippen LogP contribution in [0.2, 0.25) is 0 Å². The lowest BCUT2D eigenvalue weighted by Gasteiger charge is -2.21. The normalized spacial score (nSPS) is 20.2. The number of hydrogen-bond acceptors (Lipinski definition) is 2. The third kappa shape index (κ3) is 3.64. The van der Waals surface area contributed by atoms with E-state index in [2.05, 4.69) is 11.8 Å². The monoisotopic (exact) mass is 263 g/mol. The Bertz CT molecular complexity index is 499. The summed E-state index contributed by atoms with van der Waals surface area (Å²) in [7, 11) is 0. The molecule has 3 nitrogen and oxygen atoms in total. The summed E-state index contributed by atoms with van der Waals surface area (Å²) >= 11 is 0. The zero-order chi connectivity index (χ0) is 13.8. The fourth-order valence-electron chi connectivity index (χ4n) is 2.44. The van der Waals surface area contributed by atoms with Gasteiger partial charge in [-0.2, -0.15) is 0 Å². The van der Waals surface area contributed by atoms with E-state index in [1.165, 1.54) is 25.0 Å². The molecule has 102 valence electrons. The molecule has 1 aliphatic heterocycles. The lowest BCUT2D eigenvalue weighted by Crippen LogP contribution is -2.26. The maximum Gasteiger partial charge on any atom is 0.328 e. The summed E-state index contributed by atoms with van der Waals surface area (Å²) in [5.41, 5.74) is 1.34. The molecule has 1 N–H and O–H groups in total. The van der Waals surface area contributed by atoms with Crippen LogP contribution in [0.25, 0.3) is 6.08 Å². The SMILES string of the molecule is CC1CCCN1Cc1ccc(F)c(C=CC(=O)O)c1. The number of hydrogen-bond donors (Lipinski definition) is 1. The number of rotatable bonds is 4. The molecule has 0 aromatic heterocycles. The van der Waals surface area contributed by atoms with Crippen molar-refractivity contribution in [2.24, 2.45) is 0 Å². The molecule has 4 heteroatoms. The Labute approximate surface area is 112 Å². The zero-order valence-electron chi connectivity index (χ0n) is 11.0.